The number of carbonyl (C=O) groups excluding carboxylic acids is 1. The Balaban J connectivity index is 2.31. The second-order valence-electron chi connectivity index (χ2n) is 4.21. The highest BCUT2D eigenvalue weighted by atomic mass is 16.3. The van der Waals surface area contributed by atoms with E-state index in [1.807, 2.05) is 4.90 Å². The van der Waals surface area contributed by atoms with E-state index in [4.69, 9.17) is 0 Å². The summed E-state index contributed by atoms with van der Waals surface area (Å²) in [6.07, 6.45) is 1.92. The number of hydrogen-bond acceptors (Lipinski definition) is 2. The molecule has 76 valence electrons. The van der Waals surface area contributed by atoms with Gasteiger partial charge in [0.2, 0.25) is 5.91 Å². The maximum atomic E-state index is 11.6. The first kappa shape index (κ1) is 10.5. The summed E-state index contributed by atoms with van der Waals surface area (Å²) in [7, 11) is 0. The van der Waals surface area contributed by atoms with Gasteiger partial charge in [-0.05, 0) is 18.8 Å². The summed E-state index contributed by atoms with van der Waals surface area (Å²) in [4.78, 5) is 13.4. The monoisotopic (exact) mass is 185 g/mol. The van der Waals surface area contributed by atoms with Crippen molar-refractivity contribution in [1.82, 2.24) is 4.90 Å². The van der Waals surface area contributed by atoms with Gasteiger partial charge in [0.25, 0.3) is 0 Å². The predicted octanol–water partition coefficient (Wildman–Crippen LogP) is 1.02. The molecule has 1 fully saturated rings. The number of aliphatic hydroxyl groups excluding tert-OH is 1. The van der Waals surface area contributed by atoms with Crippen molar-refractivity contribution in [2.75, 3.05) is 13.1 Å². The number of amides is 1. The van der Waals surface area contributed by atoms with Gasteiger partial charge in [0, 0.05) is 19.5 Å². The first-order valence-electron chi connectivity index (χ1n) is 5.05. The summed E-state index contributed by atoms with van der Waals surface area (Å²) in [5.74, 6) is 0.668. The molecular weight excluding hydrogens is 166 g/mol. The van der Waals surface area contributed by atoms with Crippen LogP contribution in [0, 0.1) is 5.92 Å². The van der Waals surface area contributed by atoms with Crippen molar-refractivity contribution in [2.45, 2.75) is 39.2 Å². The summed E-state index contributed by atoms with van der Waals surface area (Å²) in [6, 6.07) is 0. The second-order valence-corrected chi connectivity index (χ2v) is 4.21. The van der Waals surface area contributed by atoms with Gasteiger partial charge in [-0.15, -0.1) is 0 Å². The van der Waals surface area contributed by atoms with Gasteiger partial charge in [0.1, 0.15) is 0 Å². The average molecular weight is 185 g/mol. The molecule has 1 rings (SSSR count). The van der Waals surface area contributed by atoms with Crippen LogP contribution in [0.3, 0.4) is 0 Å². The van der Waals surface area contributed by atoms with Crippen molar-refractivity contribution in [3.63, 3.8) is 0 Å². The minimum absolute atomic E-state index is 0.192. The van der Waals surface area contributed by atoms with E-state index in [-0.39, 0.29) is 12.0 Å². The third kappa shape index (κ3) is 3.35. The van der Waals surface area contributed by atoms with Gasteiger partial charge >= 0.3 is 0 Å². The van der Waals surface area contributed by atoms with Crippen LogP contribution < -0.4 is 0 Å². The molecule has 0 atom stereocenters. The zero-order chi connectivity index (χ0) is 9.84. The highest BCUT2D eigenvalue weighted by Gasteiger charge is 2.21. The van der Waals surface area contributed by atoms with Gasteiger partial charge in [0.15, 0.2) is 0 Å². The van der Waals surface area contributed by atoms with Crippen LogP contribution in [0.25, 0.3) is 0 Å². The van der Waals surface area contributed by atoms with E-state index in [9.17, 15) is 9.90 Å². The van der Waals surface area contributed by atoms with Crippen molar-refractivity contribution in [3.05, 3.63) is 0 Å². The minimum Gasteiger partial charge on any atom is -0.393 e. The van der Waals surface area contributed by atoms with E-state index in [0.717, 1.165) is 25.9 Å². The van der Waals surface area contributed by atoms with E-state index in [1.165, 1.54) is 0 Å². The van der Waals surface area contributed by atoms with Crippen LogP contribution in [-0.2, 0) is 4.79 Å². The highest BCUT2D eigenvalue weighted by molar-refractivity contribution is 5.76. The Morgan fingerprint density at radius 1 is 1.46 bits per heavy atom. The lowest BCUT2D eigenvalue weighted by molar-refractivity contribution is -0.133. The Morgan fingerprint density at radius 2 is 2.00 bits per heavy atom. The molecule has 0 aliphatic carbocycles. The molecule has 0 unspecified atom stereocenters. The van der Waals surface area contributed by atoms with Crippen LogP contribution in [0.4, 0.5) is 0 Å². The standard InChI is InChI=1S/C10H19NO2/c1-8(2)7-10(13)11-5-3-9(12)4-6-11/h8-9,12H,3-7H2,1-2H3. The maximum absolute atomic E-state index is 11.6. The maximum Gasteiger partial charge on any atom is 0.222 e. The SMILES string of the molecule is CC(C)CC(=O)N1CCC(O)CC1. The largest absolute Gasteiger partial charge is 0.393 e. The molecule has 0 aromatic heterocycles. The molecule has 0 spiro atoms. The molecule has 1 N–H and O–H groups in total. The number of likely N-dealkylation sites (tertiary alicyclic amines) is 1. The van der Waals surface area contributed by atoms with Crippen LogP contribution >= 0.6 is 0 Å². The fourth-order valence-electron chi connectivity index (χ4n) is 1.59. The lowest BCUT2D eigenvalue weighted by atomic mass is 10.1. The van der Waals surface area contributed by atoms with Gasteiger partial charge in [-0.2, -0.15) is 0 Å². The Morgan fingerprint density at radius 3 is 2.46 bits per heavy atom. The van der Waals surface area contributed by atoms with Gasteiger partial charge in [0.05, 0.1) is 6.10 Å². The summed E-state index contributed by atoms with van der Waals surface area (Å²) in [5, 5.41) is 9.25. The summed E-state index contributed by atoms with van der Waals surface area (Å²) in [5.41, 5.74) is 0. The molecule has 1 heterocycles. The van der Waals surface area contributed by atoms with Gasteiger partial charge in [-0.3, -0.25) is 4.79 Å². The van der Waals surface area contributed by atoms with Crippen LogP contribution in [0.1, 0.15) is 33.1 Å². The number of piperidine rings is 1. The van der Waals surface area contributed by atoms with E-state index in [2.05, 4.69) is 13.8 Å². The van der Waals surface area contributed by atoms with Gasteiger partial charge in [-0.1, -0.05) is 13.8 Å². The zero-order valence-electron chi connectivity index (χ0n) is 8.49. The van der Waals surface area contributed by atoms with Crippen molar-refractivity contribution >= 4 is 5.91 Å². The quantitative estimate of drug-likeness (QED) is 0.697. The van der Waals surface area contributed by atoms with E-state index < -0.39 is 0 Å². The average Bonchev–Trinajstić information content (AvgIpc) is 2.04. The zero-order valence-corrected chi connectivity index (χ0v) is 8.49. The van der Waals surface area contributed by atoms with Crippen molar-refractivity contribution in [1.29, 1.82) is 0 Å². The van der Waals surface area contributed by atoms with Crippen molar-refractivity contribution in [2.24, 2.45) is 5.92 Å². The Labute approximate surface area is 79.7 Å². The molecule has 0 saturated carbocycles. The number of aliphatic hydroxyl groups is 1. The van der Waals surface area contributed by atoms with Gasteiger partial charge < -0.3 is 10.0 Å². The predicted molar refractivity (Wildman–Crippen MR) is 51.3 cm³/mol. The third-order valence-corrected chi connectivity index (χ3v) is 2.40. The highest BCUT2D eigenvalue weighted by Crippen LogP contribution is 2.12. The Bertz CT molecular complexity index is 172. The molecule has 0 aromatic carbocycles. The van der Waals surface area contributed by atoms with Crippen molar-refractivity contribution < 1.29 is 9.90 Å². The lowest BCUT2D eigenvalue weighted by Gasteiger charge is -2.30. The van der Waals surface area contributed by atoms with Crippen LogP contribution in [0.2, 0.25) is 0 Å². The molecule has 3 nitrogen and oxygen atoms in total. The number of carbonyl (C=O) groups is 1. The fourth-order valence-corrected chi connectivity index (χ4v) is 1.59. The molecule has 1 saturated heterocycles. The fraction of sp³-hybridized carbons (Fsp3) is 0.900. The lowest BCUT2D eigenvalue weighted by Crippen LogP contribution is -2.40. The first-order chi connectivity index (χ1) is 6.09. The molecule has 0 aromatic rings. The van der Waals surface area contributed by atoms with Crippen LogP contribution in [0.5, 0.6) is 0 Å². The molecular formula is C10H19NO2. The van der Waals surface area contributed by atoms with E-state index in [0.29, 0.717) is 12.3 Å². The molecule has 0 bridgehead atoms. The second kappa shape index (κ2) is 4.61. The number of nitrogens with zero attached hydrogens (tertiary/aromatic N) is 1. The number of rotatable bonds is 2. The Hall–Kier alpha value is -0.570. The summed E-state index contributed by atoms with van der Waals surface area (Å²) in [6.45, 7) is 5.56. The van der Waals surface area contributed by atoms with E-state index in [1.54, 1.807) is 0 Å². The minimum atomic E-state index is -0.192. The molecule has 1 amide bonds. The van der Waals surface area contributed by atoms with E-state index >= 15 is 0 Å². The van der Waals surface area contributed by atoms with Crippen LogP contribution in [0.15, 0.2) is 0 Å². The van der Waals surface area contributed by atoms with Gasteiger partial charge in [-0.25, -0.2) is 0 Å². The molecule has 0 radical (unpaired) electrons. The smallest absolute Gasteiger partial charge is 0.222 e. The van der Waals surface area contributed by atoms with Crippen molar-refractivity contribution in [3.8, 4) is 0 Å². The molecule has 3 heteroatoms. The third-order valence-electron chi connectivity index (χ3n) is 2.40. The topological polar surface area (TPSA) is 40.5 Å². The molecule has 13 heavy (non-hydrogen) atoms. The Kier molecular flexibility index (Phi) is 3.72. The summed E-state index contributed by atoms with van der Waals surface area (Å²) >= 11 is 0. The normalized spacial score (nSPS) is 19.5. The summed E-state index contributed by atoms with van der Waals surface area (Å²) < 4.78 is 0. The molecule has 1 aliphatic rings. The number of hydrogen-bond donors (Lipinski definition) is 1. The van der Waals surface area contributed by atoms with Crippen LogP contribution in [-0.4, -0.2) is 35.1 Å². The first-order valence-corrected chi connectivity index (χ1v) is 5.05. The molecule has 1 aliphatic heterocycles.